The van der Waals surface area contributed by atoms with E-state index in [9.17, 15) is 4.39 Å². The maximum atomic E-state index is 13.2. The number of hydrogen-bond acceptors (Lipinski definition) is 2. The first-order chi connectivity index (χ1) is 9.60. The molecule has 0 amide bonds. The van der Waals surface area contributed by atoms with Gasteiger partial charge in [0.15, 0.2) is 0 Å². The Morgan fingerprint density at radius 3 is 2.75 bits per heavy atom. The van der Waals surface area contributed by atoms with Crippen molar-refractivity contribution < 1.29 is 4.39 Å². The first-order valence-electron chi connectivity index (χ1n) is 6.58. The third-order valence-electron chi connectivity index (χ3n) is 3.33. The Morgan fingerprint density at radius 2 is 2.05 bits per heavy atom. The van der Waals surface area contributed by atoms with Crippen LogP contribution in [0.5, 0.6) is 0 Å². The molecule has 0 aromatic heterocycles. The molecule has 2 aromatic carbocycles. The van der Waals surface area contributed by atoms with Crippen LogP contribution in [0, 0.1) is 24.1 Å². The van der Waals surface area contributed by atoms with Crippen molar-refractivity contribution >= 4 is 0 Å². The maximum Gasteiger partial charge on any atom is 0.123 e. The van der Waals surface area contributed by atoms with Gasteiger partial charge in [0.25, 0.3) is 0 Å². The van der Waals surface area contributed by atoms with Gasteiger partial charge < -0.3 is 5.32 Å². The van der Waals surface area contributed by atoms with E-state index in [2.05, 4.69) is 43.4 Å². The van der Waals surface area contributed by atoms with Gasteiger partial charge in [-0.1, -0.05) is 29.8 Å². The number of rotatable bonds is 4. The number of hydrogen-bond donors (Lipinski definition) is 1. The molecular formula is C17H17FN2. The average molecular weight is 268 g/mol. The van der Waals surface area contributed by atoms with Crippen molar-refractivity contribution in [3.05, 3.63) is 70.5 Å². The number of nitriles is 1. The van der Waals surface area contributed by atoms with Crippen LogP contribution >= 0.6 is 0 Å². The molecule has 2 rings (SSSR count). The van der Waals surface area contributed by atoms with Crippen molar-refractivity contribution in [1.29, 1.82) is 5.26 Å². The summed E-state index contributed by atoms with van der Waals surface area (Å²) in [6.45, 7) is 4.58. The summed E-state index contributed by atoms with van der Waals surface area (Å²) in [5, 5.41) is 12.4. The second-order valence-corrected chi connectivity index (χ2v) is 4.93. The monoisotopic (exact) mass is 268 g/mol. The van der Waals surface area contributed by atoms with Crippen LogP contribution in [0.3, 0.4) is 0 Å². The van der Waals surface area contributed by atoms with Crippen LogP contribution in [0.15, 0.2) is 42.5 Å². The number of nitrogens with zero attached hydrogens (tertiary/aromatic N) is 1. The lowest BCUT2D eigenvalue weighted by Crippen LogP contribution is -2.18. The topological polar surface area (TPSA) is 35.8 Å². The van der Waals surface area contributed by atoms with Gasteiger partial charge in [-0.25, -0.2) is 4.39 Å². The summed E-state index contributed by atoms with van der Waals surface area (Å²) < 4.78 is 13.2. The quantitative estimate of drug-likeness (QED) is 0.914. The Hall–Kier alpha value is -2.18. The highest BCUT2D eigenvalue weighted by atomic mass is 19.1. The summed E-state index contributed by atoms with van der Waals surface area (Å²) >= 11 is 0. The minimum absolute atomic E-state index is 0.143. The third kappa shape index (κ3) is 3.43. The molecule has 20 heavy (non-hydrogen) atoms. The lowest BCUT2D eigenvalue weighted by Gasteiger charge is -2.15. The molecule has 3 heteroatoms. The zero-order chi connectivity index (χ0) is 14.5. The molecule has 0 heterocycles. The van der Waals surface area contributed by atoms with Gasteiger partial charge in [0, 0.05) is 12.6 Å². The fourth-order valence-electron chi connectivity index (χ4n) is 2.14. The van der Waals surface area contributed by atoms with E-state index in [1.807, 2.05) is 6.07 Å². The molecule has 0 fully saturated rings. The predicted octanol–water partition coefficient (Wildman–Crippen LogP) is 3.86. The molecule has 1 atom stereocenters. The highest BCUT2D eigenvalue weighted by Crippen LogP contribution is 2.16. The molecule has 102 valence electrons. The standard InChI is InChI=1S/C17H17FN2/c1-12-4-3-5-14(8-12)13(2)20-11-16-9-17(18)7-6-15(16)10-19/h3-9,13,20H,11H2,1-2H3/t13-/m0/s1. The van der Waals surface area contributed by atoms with E-state index in [1.54, 1.807) is 0 Å². The summed E-state index contributed by atoms with van der Waals surface area (Å²) in [5.41, 5.74) is 3.59. The van der Waals surface area contributed by atoms with Crippen molar-refractivity contribution in [3.63, 3.8) is 0 Å². The van der Waals surface area contributed by atoms with Crippen LogP contribution < -0.4 is 5.32 Å². The van der Waals surface area contributed by atoms with Crippen LogP contribution in [0.4, 0.5) is 4.39 Å². The van der Waals surface area contributed by atoms with Gasteiger partial charge in [-0.05, 0) is 43.2 Å². The molecule has 0 radical (unpaired) electrons. The Bertz CT molecular complexity index is 644. The predicted molar refractivity (Wildman–Crippen MR) is 77.5 cm³/mol. The highest BCUT2D eigenvalue weighted by molar-refractivity contribution is 5.38. The molecule has 0 saturated carbocycles. The van der Waals surface area contributed by atoms with Crippen molar-refractivity contribution in [2.45, 2.75) is 26.4 Å². The lowest BCUT2D eigenvalue weighted by atomic mass is 10.0. The molecular weight excluding hydrogens is 251 g/mol. The fourth-order valence-corrected chi connectivity index (χ4v) is 2.14. The summed E-state index contributed by atoms with van der Waals surface area (Å²) in [5.74, 6) is -0.316. The number of nitrogens with one attached hydrogen (secondary N) is 1. The van der Waals surface area contributed by atoms with Crippen LogP contribution in [-0.4, -0.2) is 0 Å². The zero-order valence-electron chi connectivity index (χ0n) is 11.7. The Balaban J connectivity index is 2.09. The minimum atomic E-state index is -0.316. The van der Waals surface area contributed by atoms with Gasteiger partial charge in [-0.3, -0.25) is 0 Å². The van der Waals surface area contributed by atoms with Gasteiger partial charge in [0.05, 0.1) is 11.6 Å². The number of halogens is 1. The van der Waals surface area contributed by atoms with Crippen LogP contribution in [-0.2, 0) is 6.54 Å². The SMILES string of the molecule is Cc1cccc([C@H](C)NCc2cc(F)ccc2C#N)c1. The van der Waals surface area contributed by atoms with E-state index in [0.717, 1.165) is 0 Å². The van der Waals surface area contributed by atoms with Crippen molar-refractivity contribution in [3.8, 4) is 6.07 Å². The number of aryl methyl sites for hydroxylation is 1. The van der Waals surface area contributed by atoms with Gasteiger partial charge in [-0.15, -0.1) is 0 Å². The molecule has 0 spiro atoms. The summed E-state index contributed by atoms with van der Waals surface area (Å²) in [4.78, 5) is 0. The molecule has 1 N–H and O–H groups in total. The van der Waals surface area contributed by atoms with Crippen LogP contribution in [0.25, 0.3) is 0 Å². The van der Waals surface area contributed by atoms with Gasteiger partial charge in [-0.2, -0.15) is 5.26 Å². The molecule has 2 aromatic rings. The Labute approximate surface area is 118 Å². The molecule has 0 aliphatic rings. The third-order valence-corrected chi connectivity index (χ3v) is 3.33. The first kappa shape index (κ1) is 14.2. The van der Waals surface area contributed by atoms with E-state index in [0.29, 0.717) is 17.7 Å². The average Bonchev–Trinajstić information content (AvgIpc) is 2.45. The number of benzene rings is 2. The van der Waals surface area contributed by atoms with Crippen molar-refractivity contribution in [2.24, 2.45) is 0 Å². The van der Waals surface area contributed by atoms with Crippen LogP contribution in [0.1, 0.15) is 35.2 Å². The van der Waals surface area contributed by atoms with E-state index in [-0.39, 0.29) is 11.9 Å². The molecule has 0 aliphatic carbocycles. The molecule has 0 saturated heterocycles. The minimum Gasteiger partial charge on any atom is -0.306 e. The first-order valence-corrected chi connectivity index (χ1v) is 6.58. The van der Waals surface area contributed by atoms with Gasteiger partial charge in [0.2, 0.25) is 0 Å². The lowest BCUT2D eigenvalue weighted by molar-refractivity contribution is 0.568. The fraction of sp³-hybridized carbons (Fsp3) is 0.235. The van der Waals surface area contributed by atoms with Crippen molar-refractivity contribution in [1.82, 2.24) is 5.32 Å². The van der Waals surface area contributed by atoms with E-state index >= 15 is 0 Å². The summed E-state index contributed by atoms with van der Waals surface area (Å²) in [6, 6.07) is 14.7. The molecule has 0 bridgehead atoms. The summed E-state index contributed by atoms with van der Waals surface area (Å²) in [6.07, 6.45) is 0. The smallest absolute Gasteiger partial charge is 0.123 e. The zero-order valence-corrected chi connectivity index (χ0v) is 11.7. The van der Waals surface area contributed by atoms with Gasteiger partial charge >= 0.3 is 0 Å². The Kier molecular flexibility index (Phi) is 4.49. The second kappa shape index (κ2) is 6.31. The van der Waals surface area contributed by atoms with Crippen LogP contribution in [0.2, 0.25) is 0 Å². The summed E-state index contributed by atoms with van der Waals surface area (Å²) in [7, 11) is 0. The Morgan fingerprint density at radius 1 is 1.25 bits per heavy atom. The maximum absolute atomic E-state index is 13.2. The van der Waals surface area contributed by atoms with E-state index < -0.39 is 0 Å². The van der Waals surface area contributed by atoms with E-state index in [4.69, 9.17) is 5.26 Å². The highest BCUT2D eigenvalue weighted by Gasteiger charge is 2.08. The second-order valence-electron chi connectivity index (χ2n) is 4.93. The van der Waals surface area contributed by atoms with Crippen molar-refractivity contribution in [2.75, 3.05) is 0 Å². The van der Waals surface area contributed by atoms with Gasteiger partial charge in [0.1, 0.15) is 5.82 Å². The molecule has 2 nitrogen and oxygen atoms in total. The van der Waals surface area contributed by atoms with E-state index in [1.165, 1.54) is 29.3 Å². The molecule has 0 unspecified atom stereocenters. The normalized spacial score (nSPS) is 11.9. The molecule has 0 aliphatic heterocycles. The largest absolute Gasteiger partial charge is 0.306 e.